The van der Waals surface area contributed by atoms with Crippen molar-refractivity contribution in [1.82, 2.24) is 5.32 Å². The first-order valence-electron chi connectivity index (χ1n) is 6.04. The molecule has 0 spiro atoms. The Labute approximate surface area is 114 Å². The van der Waals surface area contributed by atoms with E-state index in [0.29, 0.717) is 6.54 Å². The number of nitrogens with one attached hydrogen (secondary N) is 1. The topological polar surface area (TPSA) is 12.0 Å². The molecule has 102 valence electrons. The number of hydrogen-bond acceptors (Lipinski definition) is 2. The summed E-state index contributed by atoms with van der Waals surface area (Å²) in [4.78, 5) is 0. The molecule has 1 aromatic heterocycles. The Balaban J connectivity index is 2.41. The first kappa shape index (κ1) is 14.1. The second kappa shape index (κ2) is 6.21. The molecule has 1 atom stereocenters. The summed E-state index contributed by atoms with van der Waals surface area (Å²) in [5.41, 5.74) is 0.981. The van der Waals surface area contributed by atoms with Gasteiger partial charge in [0.15, 0.2) is 17.5 Å². The third kappa shape index (κ3) is 2.98. The average molecular weight is 285 g/mol. The molecule has 1 unspecified atom stereocenters. The molecule has 0 saturated carbocycles. The number of halogens is 3. The second-order valence-corrected chi connectivity index (χ2v) is 4.99. The smallest absolute Gasteiger partial charge is 0.194 e. The van der Waals surface area contributed by atoms with Crippen LogP contribution in [0, 0.1) is 17.5 Å². The van der Waals surface area contributed by atoms with E-state index in [-0.39, 0.29) is 5.56 Å². The van der Waals surface area contributed by atoms with Gasteiger partial charge in [-0.15, -0.1) is 0 Å². The third-order valence-corrected chi connectivity index (χ3v) is 3.55. The summed E-state index contributed by atoms with van der Waals surface area (Å²) in [6.07, 6.45) is 0.867. The van der Waals surface area contributed by atoms with E-state index < -0.39 is 23.5 Å². The highest BCUT2D eigenvalue weighted by Crippen LogP contribution is 2.28. The minimum Gasteiger partial charge on any atom is -0.306 e. The van der Waals surface area contributed by atoms with Crippen molar-refractivity contribution in [2.45, 2.75) is 19.4 Å². The maximum atomic E-state index is 13.9. The lowest BCUT2D eigenvalue weighted by molar-refractivity contribution is 0.432. The molecule has 0 aliphatic carbocycles. The van der Waals surface area contributed by atoms with E-state index in [0.717, 1.165) is 18.1 Å². The van der Waals surface area contributed by atoms with Crippen LogP contribution in [0.5, 0.6) is 0 Å². The van der Waals surface area contributed by atoms with E-state index in [1.54, 1.807) is 0 Å². The molecule has 1 heterocycles. The highest BCUT2D eigenvalue weighted by Gasteiger charge is 2.22. The Morgan fingerprint density at radius 3 is 2.58 bits per heavy atom. The quantitative estimate of drug-likeness (QED) is 0.810. The number of thiophene rings is 1. The third-order valence-electron chi connectivity index (χ3n) is 2.85. The maximum absolute atomic E-state index is 13.9. The molecule has 1 aromatic carbocycles. The minimum atomic E-state index is -1.42. The molecule has 2 rings (SSSR count). The van der Waals surface area contributed by atoms with Gasteiger partial charge in [0.1, 0.15) is 0 Å². The van der Waals surface area contributed by atoms with Gasteiger partial charge < -0.3 is 5.32 Å². The molecule has 1 N–H and O–H groups in total. The normalized spacial score (nSPS) is 12.6. The van der Waals surface area contributed by atoms with E-state index in [9.17, 15) is 13.2 Å². The van der Waals surface area contributed by atoms with Gasteiger partial charge >= 0.3 is 0 Å². The summed E-state index contributed by atoms with van der Waals surface area (Å²) in [7, 11) is 0. The summed E-state index contributed by atoms with van der Waals surface area (Å²) in [6.45, 7) is 2.65. The Kier molecular flexibility index (Phi) is 4.61. The molecule has 0 fully saturated rings. The molecule has 0 bridgehead atoms. The summed E-state index contributed by atoms with van der Waals surface area (Å²) >= 11 is 1.48. The molecule has 1 nitrogen and oxygen atoms in total. The predicted octanol–water partition coefficient (Wildman–Crippen LogP) is 4.25. The van der Waals surface area contributed by atoms with Gasteiger partial charge in [-0.1, -0.05) is 13.0 Å². The van der Waals surface area contributed by atoms with Crippen LogP contribution < -0.4 is 5.32 Å². The Morgan fingerprint density at radius 1 is 1.16 bits per heavy atom. The van der Waals surface area contributed by atoms with Crippen LogP contribution in [0.4, 0.5) is 13.2 Å². The lowest BCUT2D eigenvalue weighted by Gasteiger charge is -2.19. The van der Waals surface area contributed by atoms with Crippen LogP contribution >= 0.6 is 11.3 Å². The fourth-order valence-electron chi connectivity index (χ4n) is 1.90. The summed E-state index contributed by atoms with van der Waals surface area (Å²) < 4.78 is 40.2. The van der Waals surface area contributed by atoms with Gasteiger partial charge in [-0.25, -0.2) is 13.2 Å². The van der Waals surface area contributed by atoms with Crippen LogP contribution in [0.1, 0.15) is 30.5 Å². The van der Waals surface area contributed by atoms with E-state index in [1.807, 2.05) is 23.8 Å². The van der Waals surface area contributed by atoms with Gasteiger partial charge in [-0.2, -0.15) is 11.3 Å². The molecule has 2 aromatic rings. The van der Waals surface area contributed by atoms with Crippen LogP contribution in [0.15, 0.2) is 29.0 Å². The van der Waals surface area contributed by atoms with Crippen LogP contribution in [-0.4, -0.2) is 6.54 Å². The van der Waals surface area contributed by atoms with Gasteiger partial charge in [0, 0.05) is 5.56 Å². The standard InChI is InChI=1S/C14H14F3NS/c1-2-6-18-14(9-5-7-19-8-9)10-3-4-11(15)13(17)12(10)16/h3-5,7-8,14,18H,2,6H2,1H3. The van der Waals surface area contributed by atoms with Crippen molar-refractivity contribution >= 4 is 11.3 Å². The lowest BCUT2D eigenvalue weighted by atomic mass is 10.00. The second-order valence-electron chi connectivity index (χ2n) is 4.21. The van der Waals surface area contributed by atoms with E-state index in [4.69, 9.17) is 0 Å². The summed E-state index contributed by atoms with van der Waals surface area (Å²) in [5, 5.41) is 6.89. The molecule has 5 heteroatoms. The van der Waals surface area contributed by atoms with Crippen LogP contribution in [0.25, 0.3) is 0 Å². The van der Waals surface area contributed by atoms with Crippen LogP contribution in [0.3, 0.4) is 0 Å². The Hall–Kier alpha value is -1.33. The fraction of sp³-hybridized carbons (Fsp3) is 0.286. The zero-order chi connectivity index (χ0) is 13.8. The summed E-state index contributed by atoms with van der Waals surface area (Å²) in [5.74, 6) is -3.71. The van der Waals surface area contributed by atoms with E-state index in [2.05, 4.69) is 5.32 Å². The van der Waals surface area contributed by atoms with Crippen molar-refractivity contribution < 1.29 is 13.2 Å². The average Bonchev–Trinajstić information content (AvgIpc) is 2.92. The largest absolute Gasteiger partial charge is 0.306 e. The van der Waals surface area contributed by atoms with Crippen molar-refractivity contribution in [3.8, 4) is 0 Å². The Morgan fingerprint density at radius 2 is 1.95 bits per heavy atom. The zero-order valence-corrected chi connectivity index (χ0v) is 11.2. The minimum absolute atomic E-state index is 0.130. The fourth-order valence-corrected chi connectivity index (χ4v) is 2.59. The van der Waals surface area contributed by atoms with Crippen molar-refractivity contribution in [2.75, 3.05) is 6.54 Å². The van der Waals surface area contributed by atoms with Gasteiger partial charge in [-0.05, 0) is 41.4 Å². The maximum Gasteiger partial charge on any atom is 0.194 e. The van der Waals surface area contributed by atoms with E-state index in [1.165, 1.54) is 17.4 Å². The molecule has 0 aliphatic rings. The highest BCUT2D eigenvalue weighted by atomic mass is 32.1. The van der Waals surface area contributed by atoms with Gasteiger partial charge in [0.05, 0.1) is 6.04 Å². The van der Waals surface area contributed by atoms with Crippen molar-refractivity contribution in [1.29, 1.82) is 0 Å². The number of benzene rings is 1. The molecule has 0 aliphatic heterocycles. The van der Waals surface area contributed by atoms with Crippen molar-refractivity contribution in [2.24, 2.45) is 0 Å². The van der Waals surface area contributed by atoms with Gasteiger partial charge in [-0.3, -0.25) is 0 Å². The Bertz CT molecular complexity index is 540. The van der Waals surface area contributed by atoms with Crippen LogP contribution in [-0.2, 0) is 0 Å². The van der Waals surface area contributed by atoms with Crippen LogP contribution in [0.2, 0.25) is 0 Å². The number of hydrogen-bond donors (Lipinski definition) is 1. The molecule has 0 saturated heterocycles. The van der Waals surface area contributed by atoms with E-state index >= 15 is 0 Å². The molecule has 0 amide bonds. The van der Waals surface area contributed by atoms with Gasteiger partial charge in [0.25, 0.3) is 0 Å². The van der Waals surface area contributed by atoms with Crippen molar-refractivity contribution in [3.63, 3.8) is 0 Å². The first-order chi connectivity index (χ1) is 9.15. The molecule has 19 heavy (non-hydrogen) atoms. The monoisotopic (exact) mass is 285 g/mol. The number of rotatable bonds is 5. The summed E-state index contributed by atoms with van der Waals surface area (Å²) in [6, 6.07) is 3.64. The SMILES string of the molecule is CCCNC(c1ccsc1)c1ccc(F)c(F)c1F. The van der Waals surface area contributed by atoms with Gasteiger partial charge in [0.2, 0.25) is 0 Å². The zero-order valence-electron chi connectivity index (χ0n) is 10.4. The predicted molar refractivity (Wildman–Crippen MR) is 70.8 cm³/mol. The van der Waals surface area contributed by atoms with Crippen molar-refractivity contribution in [3.05, 3.63) is 57.5 Å². The highest BCUT2D eigenvalue weighted by molar-refractivity contribution is 7.08. The molecule has 0 radical (unpaired) electrons. The molecular weight excluding hydrogens is 271 g/mol. The first-order valence-corrected chi connectivity index (χ1v) is 6.98. The lowest BCUT2D eigenvalue weighted by Crippen LogP contribution is -2.24. The molecular formula is C14H14F3NS.